The molecule has 0 saturated carbocycles. The fourth-order valence-corrected chi connectivity index (χ4v) is 4.08. The van der Waals surface area contributed by atoms with Gasteiger partial charge in [0, 0.05) is 6.20 Å². The lowest BCUT2D eigenvalue weighted by atomic mass is 10.00. The number of carbonyl (C=O) groups excluding carboxylic acids is 1. The van der Waals surface area contributed by atoms with Crippen LogP contribution < -0.4 is 19.5 Å². The molecule has 34 heavy (non-hydrogen) atoms. The van der Waals surface area contributed by atoms with E-state index in [0.717, 1.165) is 33.4 Å². The number of hydrogen-bond donors (Lipinski definition) is 2. The lowest BCUT2D eigenvalue weighted by Crippen LogP contribution is -2.12. The molecule has 0 bridgehead atoms. The zero-order valence-corrected chi connectivity index (χ0v) is 19.5. The molecule has 0 unspecified atom stereocenters. The van der Waals surface area contributed by atoms with Crippen LogP contribution in [0.25, 0.3) is 17.2 Å². The van der Waals surface area contributed by atoms with Crippen LogP contribution in [-0.4, -0.2) is 37.3 Å². The smallest absolute Gasteiger partial charge is 0.228 e. The SMILES string of the molecule is COc1ccc2c(c1)C(CC(=O)Nc1cccnc1)=C(C)/C2=C/c1cc(OC)c(O)c(OC)c1. The minimum atomic E-state index is -0.134. The van der Waals surface area contributed by atoms with Gasteiger partial charge in [0.15, 0.2) is 11.5 Å². The lowest BCUT2D eigenvalue weighted by Gasteiger charge is -2.11. The van der Waals surface area contributed by atoms with Crippen LogP contribution in [0.4, 0.5) is 5.69 Å². The number of benzene rings is 2. The first-order chi connectivity index (χ1) is 16.4. The van der Waals surface area contributed by atoms with Crippen molar-refractivity contribution in [2.24, 2.45) is 0 Å². The summed E-state index contributed by atoms with van der Waals surface area (Å²) in [6.45, 7) is 2.00. The van der Waals surface area contributed by atoms with Crippen molar-refractivity contribution in [1.29, 1.82) is 0 Å². The van der Waals surface area contributed by atoms with Gasteiger partial charge < -0.3 is 24.6 Å². The Bertz CT molecular complexity index is 1270. The molecular weight excluding hydrogens is 432 g/mol. The van der Waals surface area contributed by atoms with Crippen LogP contribution in [0.1, 0.15) is 30.0 Å². The number of rotatable bonds is 7. The highest BCUT2D eigenvalue weighted by molar-refractivity contribution is 6.10. The van der Waals surface area contributed by atoms with Crippen LogP contribution in [-0.2, 0) is 4.79 Å². The number of phenolic OH excluding ortho intramolecular Hbond substituents is 1. The van der Waals surface area contributed by atoms with E-state index in [-0.39, 0.29) is 18.1 Å². The second-order valence-corrected chi connectivity index (χ2v) is 7.81. The predicted octanol–water partition coefficient (Wildman–Crippen LogP) is 5.17. The Balaban J connectivity index is 1.76. The number of carbonyl (C=O) groups is 1. The fourth-order valence-electron chi connectivity index (χ4n) is 4.08. The number of pyridine rings is 1. The van der Waals surface area contributed by atoms with E-state index in [1.165, 1.54) is 14.2 Å². The van der Waals surface area contributed by atoms with E-state index < -0.39 is 0 Å². The summed E-state index contributed by atoms with van der Waals surface area (Å²) < 4.78 is 16.0. The number of nitrogens with zero attached hydrogens (tertiary/aromatic N) is 1. The van der Waals surface area contributed by atoms with Crippen LogP contribution in [0.3, 0.4) is 0 Å². The number of hydrogen-bond acceptors (Lipinski definition) is 6. The monoisotopic (exact) mass is 458 g/mol. The number of aromatic hydroxyl groups is 1. The number of methoxy groups -OCH3 is 3. The minimum Gasteiger partial charge on any atom is -0.502 e. The Morgan fingerprint density at radius 3 is 2.38 bits per heavy atom. The van der Waals surface area contributed by atoms with Gasteiger partial charge in [-0.1, -0.05) is 6.07 Å². The van der Waals surface area contributed by atoms with Gasteiger partial charge >= 0.3 is 0 Å². The average molecular weight is 459 g/mol. The summed E-state index contributed by atoms with van der Waals surface area (Å²) in [6.07, 6.45) is 5.46. The molecule has 7 heteroatoms. The number of fused-ring (bicyclic) bond motifs is 1. The molecule has 0 fully saturated rings. The largest absolute Gasteiger partial charge is 0.502 e. The zero-order chi connectivity index (χ0) is 24.2. The van der Waals surface area contributed by atoms with Gasteiger partial charge in [0.1, 0.15) is 5.75 Å². The highest BCUT2D eigenvalue weighted by Gasteiger charge is 2.26. The van der Waals surface area contributed by atoms with Crippen molar-refractivity contribution in [3.63, 3.8) is 0 Å². The topological polar surface area (TPSA) is 89.9 Å². The summed E-state index contributed by atoms with van der Waals surface area (Å²) in [7, 11) is 4.60. The van der Waals surface area contributed by atoms with Crippen LogP contribution >= 0.6 is 0 Å². The van der Waals surface area contributed by atoms with E-state index in [0.29, 0.717) is 22.9 Å². The van der Waals surface area contributed by atoms with Crippen molar-refractivity contribution in [2.45, 2.75) is 13.3 Å². The van der Waals surface area contributed by atoms with Gasteiger partial charge in [-0.3, -0.25) is 9.78 Å². The molecule has 7 nitrogen and oxygen atoms in total. The maximum Gasteiger partial charge on any atom is 0.228 e. The summed E-state index contributed by atoms with van der Waals surface area (Å²) in [5.41, 5.74) is 6.25. The normalized spacial score (nSPS) is 13.6. The van der Waals surface area contributed by atoms with E-state index in [1.807, 2.05) is 31.2 Å². The van der Waals surface area contributed by atoms with Gasteiger partial charge in [-0.15, -0.1) is 0 Å². The van der Waals surface area contributed by atoms with Crippen molar-refractivity contribution in [3.05, 3.63) is 77.1 Å². The molecule has 3 aromatic rings. The van der Waals surface area contributed by atoms with Crippen molar-refractivity contribution in [3.8, 4) is 23.0 Å². The lowest BCUT2D eigenvalue weighted by molar-refractivity contribution is -0.115. The second-order valence-electron chi connectivity index (χ2n) is 7.81. The van der Waals surface area contributed by atoms with Crippen molar-refractivity contribution in [1.82, 2.24) is 4.98 Å². The Labute approximate surface area is 198 Å². The molecule has 1 aliphatic carbocycles. The molecule has 0 aliphatic heterocycles. The van der Waals surface area contributed by atoms with E-state index in [4.69, 9.17) is 14.2 Å². The van der Waals surface area contributed by atoms with Crippen LogP contribution in [0.2, 0.25) is 0 Å². The minimum absolute atomic E-state index is 0.0521. The second kappa shape index (κ2) is 9.70. The molecular formula is C27H26N2O5. The molecule has 1 aliphatic rings. The molecule has 0 saturated heterocycles. The number of nitrogens with one attached hydrogen (secondary N) is 1. The highest BCUT2D eigenvalue weighted by atomic mass is 16.5. The maximum absolute atomic E-state index is 12.9. The van der Waals surface area contributed by atoms with Gasteiger partial charge in [-0.2, -0.15) is 0 Å². The van der Waals surface area contributed by atoms with E-state index >= 15 is 0 Å². The summed E-state index contributed by atoms with van der Waals surface area (Å²) in [6, 6.07) is 12.9. The van der Waals surface area contributed by atoms with Gasteiger partial charge in [-0.05, 0) is 82.8 Å². The predicted molar refractivity (Wildman–Crippen MR) is 132 cm³/mol. The Kier molecular flexibility index (Phi) is 6.54. The number of aromatic nitrogens is 1. The van der Waals surface area contributed by atoms with Gasteiger partial charge in [0.2, 0.25) is 11.7 Å². The number of ether oxygens (including phenoxy) is 3. The van der Waals surface area contributed by atoms with Crippen LogP contribution in [0, 0.1) is 0 Å². The Morgan fingerprint density at radius 2 is 1.76 bits per heavy atom. The molecule has 0 radical (unpaired) electrons. The molecule has 2 N–H and O–H groups in total. The van der Waals surface area contributed by atoms with Gasteiger partial charge in [-0.25, -0.2) is 0 Å². The zero-order valence-electron chi connectivity index (χ0n) is 19.5. The van der Waals surface area contributed by atoms with E-state index in [9.17, 15) is 9.90 Å². The van der Waals surface area contributed by atoms with Crippen molar-refractivity contribution >= 4 is 28.8 Å². The first kappa shape index (κ1) is 22.9. The van der Waals surface area contributed by atoms with Crippen LogP contribution in [0.15, 0.2) is 60.4 Å². The van der Waals surface area contributed by atoms with E-state index in [1.54, 1.807) is 43.8 Å². The molecule has 1 amide bonds. The summed E-state index contributed by atoms with van der Waals surface area (Å²) in [5.74, 6) is 1.16. The molecule has 4 rings (SSSR count). The standard InChI is InChI=1S/C27H26N2O5/c1-16-21(10-17-11-24(33-3)27(31)25(12-17)34-4)20-8-7-19(32-2)13-23(20)22(16)14-26(30)29-18-6-5-9-28-15-18/h5-13,15,31H,14H2,1-4H3,(H,29,30)/b21-10-. The number of amides is 1. The van der Waals surface area contributed by atoms with Crippen molar-refractivity contribution in [2.75, 3.05) is 26.6 Å². The van der Waals surface area contributed by atoms with Gasteiger partial charge in [0.05, 0.1) is 39.6 Å². The summed E-state index contributed by atoms with van der Waals surface area (Å²) in [5, 5.41) is 13.2. The third-order valence-electron chi connectivity index (χ3n) is 5.79. The Morgan fingerprint density at radius 1 is 1.03 bits per heavy atom. The highest BCUT2D eigenvalue weighted by Crippen LogP contribution is 2.46. The molecule has 1 heterocycles. The quantitative estimate of drug-likeness (QED) is 0.508. The molecule has 174 valence electrons. The third kappa shape index (κ3) is 4.45. The number of anilines is 1. The molecule has 2 aromatic carbocycles. The molecule has 0 spiro atoms. The Hall–Kier alpha value is -4.26. The summed E-state index contributed by atoms with van der Waals surface area (Å²) >= 11 is 0. The number of phenols is 1. The number of allylic oxidation sites excluding steroid dienone is 2. The maximum atomic E-state index is 12.9. The molecule has 1 aromatic heterocycles. The average Bonchev–Trinajstić information content (AvgIpc) is 3.10. The first-order valence-electron chi connectivity index (χ1n) is 10.7. The first-order valence-corrected chi connectivity index (χ1v) is 10.7. The van der Waals surface area contributed by atoms with Gasteiger partial charge in [0.25, 0.3) is 0 Å². The molecule has 0 atom stereocenters. The fraction of sp³-hybridized carbons (Fsp3) is 0.185. The summed E-state index contributed by atoms with van der Waals surface area (Å²) in [4.78, 5) is 16.9. The van der Waals surface area contributed by atoms with E-state index in [2.05, 4.69) is 10.3 Å². The third-order valence-corrected chi connectivity index (χ3v) is 5.79. The van der Waals surface area contributed by atoms with Crippen LogP contribution in [0.5, 0.6) is 23.0 Å². The van der Waals surface area contributed by atoms with Crippen molar-refractivity contribution < 1.29 is 24.1 Å².